The van der Waals surface area contributed by atoms with Crippen molar-refractivity contribution in [1.82, 2.24) is 14.7 Å². The number of hydrogen-bond donors (Lipinski definition) is 1. The van der Waals surface area contributed by atoms with Crippen LogP contribution in [0.3, 0.4) is 0 Å². The third-order valence-corrected chi connectivity index (χ3v) is 4.73. The highest BCUT2D eigenvalue weighted by atomic mass is 16.5. The van der Waals surface area contributed by atoms with Gasteiger partial charge in [-0.25, -0.2) is 0 Å². The van der Waals surface area contributed by atoms with Crippen LogP contribution >= 0.6 is 0 Å². The zero-order valence-electron chi connectivity index (χ0n) is 15.1. The molecule has 0 bridgehead atoms. The highest BCUT2D eigenvalue weighted by Gasteiger charge is 2.15. The van der Waals surface area contributed by atoms with E-state index in [9.17, 15) is 5.11 Å². The summed E-state index contributed by atoms with van der Waals surface area (Å²) in [6.07, 6.45) is 7.70. The van der Waals surface area contributed by atoms with Gasteiger partial charge in [0.15, 0.2) is 0 Å². The second-order valence-electron chi connectivity index (χ2n) is 6.58. The van der Waals surface area contributed by atoms with Crippen molar-refractivity contribution >= 4 is 5.57 Å². The van der Waals surface area contributed by atoms with Crippen molar-refractivity contribution in [2.75, 3.05) is 20.2 Å². The zero-order valence-corrected chi connectivity index (χ0v) is 15.1. The summed E-state index contributed by atoms with van der Waals surface area (Å²) in [6, 6.07) is 8.28. The molecule has 1 aromatic heterocycles. The van der Waals surface area contributed by atoms with Crippen LogP contribution in [0.1, 0.15) is 30.9 Å². The molecule has 0 unspecified atom stereocenters. The maximum Gasteiger partial charge on any atom is 0.118 e. The van der Waals surface area contributed by atoms with Gasteiger partial charge >= 0.3 is 0 Å². The third kappa shape index (κ3) is 4.71. The lowest BCUT2D eigenvalue weighted by Crippen LogP contribution is -2.27. The quantitative estimate of drug-likeness (QED) is 0.841. The first-order chi connectivity index (χ1) is 12.2. The van der Waals surface area contributed by atoms with Crippen LogP contribution in [0.2, 0.25) is 0 Å². The number of aliphatic hydroxyl groups excluding tert-OH is 1. The van der Waals surface area contributed by atoms with E-state index in [1.807, 2.05) is 36.1 Å². The topological polar surface area (TPSA) is 50.5 Å². The van der Waals surface area contributed by atoms with Gasteiger partial charge in [0, 0.05) is 31.4 Å². The van der Waals surface area contributed by atoms with Crippen molar-refractivity contribution in [3.63, 3.8) is 0 Å². The molecule has 5 heteroatoms. The Bertz CT molecular complexity index is 706. The summed E-state index contributed by atoms with van der Waals surface area (Å²) >= 11 is 0. The summed E-state index contributed by atoms with van der Waals surface area (Å²) in [5.74, 6) is 0.898. The van der Waals surface area contributed by atoms with Crippen LogP contribution in [0, 0.1) is 0 Å². The molecule has 1 aliphatic rings. The molecule has 3 rings (SSSR count). The van der Waals surface area contributed by atoms with Crippen molar-refractivity contribution in [2.24, 2.45) is 0 Å². The molecule has 0 radical (unpaired) electrons. The summed E-state index contributed by atoms with van der Waals surface area (Å²) in [5, 5.41) is 14.1. The van der Waals surface area contributed by atoms with E-state index in [4.69, 9.17) is 4.74 Å². The summed E-state index contributed by atoms with van der Waals surface area (Å²) in [4.78, 5) is 2.44. The maximum absolute atomic E-state index is 9.75. The van der Waals surface area contributed by atoms with Crippen LogP contribution in [-0.2, 0) is 13.1 Å². The molecular formula is C20H27N3O2. The van der Waals surface area contributed by atoms with Gasteiger partial charge in [0.2, 0.25) is 0 Å². The van der Waals surface area contributed by atoms with E-state index in [1.165, 1.54) is 16.7 Å². The standard InChI is InChI=1S/C20H27N3O2/c1-3-19(24)15-23-14-18(12-21-23)17-8-10-22(11-9-17)13-16-4-6-20(25-2)7-5-16/h4-8,12,14,19,24H,3,9-11,13,15H2,1-2H3/t19-/m1/s1. The minimum atomic E-state index is -0.326. The first-order valence-electron chi connectivity index (χ1n) is 8.93. The molecule has 134 valence electrons. The first kappa shape index (κ1) is 17.7. The molecule has 0 spiro atoms. The van der Waals surface area contributed by atoms with Crippen molar-refractivity contribution in [3.05, 3.63) is 53.9 Å². The number of benzene rings is 1. The van der Waals surface area contributed by atoms with Gasteiger partial charge in [-0.3, -0.25) is 9.58 Å². The van der Waals surface area contributed by atoms with Gasteiger partial charge in [0.05, 0.1) is 26.0 Å². The van der Waals surface area contributed by atoms with E-state index < -0.39 is 0 Å². The lowest BCUT2D eigenvalue weighted by Gasteiger charge is -2.26. The molecule has 1 aliphatic heterocycles. The van der Waals surface area contributed by atoms with Crippen molar-refractivity contribution in [1.29, 1.82) is 0 Å². The Morgan fingerprint density at radius 1 is 1.28 bits per heavy atom. The smallest absolute Gasteiger partial charge is 0.118 e. The van der Waals surface area contributed by atoms with Gasteiger partial charge in [-0.2, -0.15) is 5.10 Å². The molecule has 2 heterocycles. The molecule has 0 amide bonds. The molecule has 2 aromatic rings. The number of nitrogens with zero attached hydrogens (tertiary/aromatic N) is 3. The van der Waals surface area contributed by atoms with Crippen LogP contribution < -0.4 is 4.74 Å². The van der Waals surface area contributed by atoms with Gasteiger partial charge in [0.1, 0.15) is 5.75 Å². The summed E-state index contributed by atoms with van der Waals surface area (Å²) < 4.78 is 7.05. The predicted octanol–water partition coefficient (Wildman–Crippen LogP) is 2.95. The van der Waals surface area contributed by atoms with Crippen molar-refractivity contribution in [2.45, 2.75) is 39.0 Å². The Morgan fingerprint density at radius 2 is 2.08 bits per heavy atom. The Labute approximate surface area is 149 Å². The molecule has 1 N–H and O–H groups in total. The first-order valence-corrected chi connectivity index (χ1v) is 8.93. The van der Waals surface area contributed by atoms with Crippen molar-refractivity contribution in [3.8, 4) is 5.75 Å². The molecule has 0 fully saturated rings. The minimum absolute atomic E-state index is 0.326. The van der Waals surface area contributed by atoms with Crippen LogP contribution in [0.5, 0.6) is 5.75 Å². The van der Waals surface area contributed by atoms with E-state index in [0.717, 1.165) is 38.2 Å². The third-order valence-electron chi connectivity index (χ3n) is 4.73. The molecule has 1 atom stereocenters. The van der Waals surface area contributed by atoms with Gasteiger partial charge in [-0.15, -0.1) is 0 Å². The minimum Gasteiger partial charge on any atom is -0.497 e. The van der Waals surface area contributed by atoms with E-state index in [2.05, 4.69) is 28.2 Å². The fraction of sp³-hybridized carbons (Fsp3) is 0.450. The maximum atomic E-state index is 9.75. The molecule has 0 aliphatic carbocycles. The number of rotatable bonds is 7. The average Bonchev–Trinajstić information content (AvgIpc) is 3.11. The normalized spacial score (nSPS) is 16.5. The number of aromatic nitrogens is 2. The summed E-state index contributed by atoms with van der Waals surface area (Å²) in [5.41, 5.74) is 3.83. The van der Waals surface area contributed by atoms with E-state index in [1.54, 1.807) is 7.11 Å². The van der Waals surface area contributed by atoms with E-state index >= 15 is 0 Å². The number of hydrogen-bond acceptors (Lipinski definition) is 4. The number of ether oxygens (including phenoxy) is 1. The molecule has 25 heavy (non-hydrogen) atoms. The Kier molecular flexibility index (Phi) is 5.89. The highest BCUT2D eigenvalue weighted by molar-refractivity contribution is 5.65. The molecule has 0 saturated heterocycles. The van der Waals surface area contributed by atoms with Gasteiger partial charge in [-0.05, 0) is 36.1 Å². The lowest BCUT2D eigenvalue weighted by atomic mass is 10.0. The Balaban J connectivity index is 1.56. The van der Waals surface area contributed by atoms with Crippen LogP contribution in [0.25, 0.3) is 5.57 Å². The number of aliphatic hydroxyl groups is 1. The largest absolute Gasteiger partial charge is 0.497 e. The summed E-state index contributed by atoms with van der Waals surface area (Å²) in [7, 11) is 1.69. The summed E-state index contributed by atoms with van der Waals surface area (Å²) in [6.45, 7) is 5.49. The van der Waals surface area contributed by atoms with Crippen LogP contribution in [0.15, 0.2) is 42.7 Å². The SMILES string of the molecule is CC[C@@H](O)Cn1cc(C2=CCN(Cc3ccc(OC)cc3)CC2)cn1. The van der Waals surface area contributed by atoms with E-state index in [0.29, 0.717) is 6.54 Å². The number of methoxy groups -OCH3 is 1. The molecule has 1 aromatic carbocycles. The zero-order chi connectivity index (χ0) is 17.6. The average molecular weight is 341 g/mol. The fourth-order valence-corrected chi connectivity index (χ4v) is 3.08. The van der Waals surface area contributed by atoms with E-state index in [-0.39, 0.29) is 6.10 Å². The predicted molar refractivity (Wildman–Crippen MR) is 99.4 cm³/mol. The Morgan fingerprint density at radius 3 is 2.72 bits per heavy atom. The van der Waals surface area contributed by atoms with Gasteiger partial charge < -0.3 is 9.84 Å². The van der Waals surface area contributed by atoms with Crippen molar-refractivity contribution < 1.29 is 9.84 Å². The Hall–Kier alpha value is -2.11. The van der Waals surface area contributed by atoms with Gasteiger partial charge in [0.25, 0.3) is 0 Å². The molecule has 5 nitrogen and oxygen atoms in total. The van der Waals surface area contributed by atoms with Crippen LogP contribution in [-0.4, -0.2) is 46.1 Å². The van der Waals surface area contributed by atoms with Gasteiger partial charge in [-0.1, -0.05) is 25.1 Å². The van der Waals surface area contributed by atoms with Crippen LogP contribution in [0.4, 0.5) is 0 Å². The lowest BCUT2D eigenvalue weighted by molar-refractivity contribution is 0.145. The molecular weight excluding hydrogens is 314 g/mol. The monoisotopic (exact) mass is 341 g/mol. The fourth-order valence-electron chi connectivity index (χ4n) is 3.08. The second kappa shape index (κ2) is 8.32. The second-order valence-corrected chi connectivity index (χ2v) is 6.58. The molecule has 0 saturated carbocycles. The highest BCUT2D eigenvalue weighted by Crippen LogP contribution is 2.23.